The Balaban J connectivity index is 1.30. The van der Waals surface area contributed by atoms with Gasteiger partial charge in [0.25, 0.3) is 0 Å². The van der Waals surface area contributed by atoms with Gasteiger partial charge in [0.05, 0.1) is 25.3 Å². The summed E-state index contributed by atoms with van der Waals surface area (Å²) >= 11 is 1.58. The van der Waals surface area contributed by atoms with E-state index in [-0.39, 0.29) is 12.5 Å². The Hall–Kier alpha value is -3.61. The van der Waals surface area contributed by atoms with Gasteiger partial charge in [-0.25, -0.2) is 15.0 Å². The summed E-state index contributed by atoms with van der Waals surface area (Å²) in [5, 5.41) is 4.73. The number of morpholine rings is 1. The number of rotatable bonds is 6. The highest BCUT2D eigenvalue weighted by molar-refractivity contribution is 7.18. The summed E-state index contributed by atoms with van der Waals surface area (Å²) in [5.74, 6) is 1.25. The smallest absolute Gasteiger partial charge is 0.247 e. The van der Waals surface area contributed by atoms with Gasteiger partial charge in [0.1, 0.15) is 15.4 Å². The summed E-state index contributed by atoms with van der Waals surface area (Å²) in [7, 11) is 0. The molecule has 0 aliphatic carbocycles. The van der Waals surface area contributed by atoms with Gasteiger partial charge in [-0.15, -0.1) is 0 Å². The molecule has 1 aromatic carbocycles. The molecule has 0 atom stereocenters. The van der Waals surface area contributed by atoms with Crippen LogP contribution in [0.4, 0.5) is 5.82 Å². The number of aromatic nitrogens is 4. The summed E-state index contributed by atoms with van der Waals surface area (Å²) in [5.41, 5.74) is 2.62. The molecule has 11 nitrogen and oxygen atoms in total. The van der Waals surface area contributed by atoms with Crippen LogP contribution in [0.3, 0.4) is 0 Å². The Morgan fingerprint density at radius 1 is 1.03 bits per heavy atom. The maximum absolute atomic E-state index is 12.0. The van der Waals surface area contributed by atoms with Crippen LogP contribution in [0.5, 0.6) is 0 Å². The number of ether oxygens (including phenoxy) is 1. The van der Waals surface area contributed by atoms with Crippen LogP contribution in [0, 0.1) is 4.91 Å². The van der Waals surface area contributed by atoms with E-state index in [9.17, 15) is 9.70 Å². The van der Waals surface area contributed by atoms with Crippen molar-refractivity contribution in [1.82, 2.24) is 29.7 Å². The Morgan fingerprint density at radius 2 is 1.84 bits per heavy atom. The number of hydrogen-bond donors (Lipinski definition) is 0. The largest absolute Gasteiger partial charge is 0.378 e. The van der Waals surface area contributed by atoms with Crippen LogP contribution in [0.15, 0.2) is 41.7 Å². The summed E-state index contributed by atoms with van der Waals surface area (Å²) in [6.45, 7) is 5.78. The number of anilines is 1. The first-order chi connectivity index (χ1) is 18.2. The molecule has 0 unspecified atom stereocenters. The number of amides is 1. The lowest BCUT2D eigenvalue weighted by Gasteiger charge is -2.33. The third-order valence-corrected chi connectivity index (χ3v) is 7.66. The number of nitroso groups, excluding NO2 is 1. The van der Waals surface area contributed by atoms with E-state index in [0.717, 1.165) is 63.8 Å². The summed E-state index contributed by atoms with van der Waals surface area (Å²) < 4.78 is 5.57. The molecule has 6 rings (SSSR count). The number of piperazine rings is 1. The number of benzene rings is 1. The standard InChI is InChI=1S/C25H26N8O3S/c34-21(15-27-35)32-7-5-31(6-8-32)16-20-28-22-24(33-9-11-36-12-10-33)29-23(30-25(22)37-20)18-13-17-3-1-2-4-19(17)26-14-18/h1-4,13-14H,5-12,15-16H2. The van der Waals surface area contributed by atoms with Gasteiger partial charge in [-0.3, -0.25) is 14.7 Å². The highest BCUT2D eigenvalue weighted by Gasteiger charge is 2.24. The quantitative estimate of drug-likeness (QED) is 0.355. The van der Waals surface area contributed by atoms with E-state index in [1.165, 1.54) is 0 Å². The van der Waals surface area contributed by atoms with Crippen LogP contribution in [-0.2, 0) is 16.1 Å². The molecule has 0 saturated carbocycles. The first kappa shape index (κ1) is 23.8. The first-order valence-electron chi connectivity index (χ1n) is 12.3. The SMILES string of the molecule is O=NCC(=O)N1CCN(Cc2nc3c(N4CCOCC4)nc(-c4cnc5ccccc5c4)nc3s2)CC1. The average Bonchev–Trinajstić information content (AvgIpc) is 3.35. The molecule has 12 heteroatoms. The molecule has 190 valence electrons. The van der Waals surface area contributed by atoms with Crippen molar-refractivity contribution < 1.29 is 9.53 Å². The minimum atomic E-state index is -0.296. The number of carbonyl (C=O) groups is 1. The predicted octanol–water partition coefficient (Wildman–Crippen LogP) is 2.55. The lowest BCUT2D eigenvalue weighted by atomic mass is 10.1. The van der Waals surface area contributed by atoms with Crippen LogP contribution in [-0.4, -0.2) is 94.7 Å². The molecule has 4 aromatic rings. The Morgan fingerprint density at radius 3 is 2.65 bits per heavy atom. The Kier molecular flexibility index (Phi) is 6.68. The average molecular weight is 519 g/mol. The van der Waals surface area contributed by atoms with Crippen molar-refractivity contribution in [2.24, 2.45) is 5.18 Å². The molecule has 0 radical (unpaired) electrons. The molecule has 3 aromatic heterocycles. The van der Waals surface area contributed by atoms with Crippen molar-refractivity contribution in [2.45, 2.75) is 6.54 Å². The molecule has 37 heavy (non-hydrogen) atoms. The van der Waals surface area contributed by atoms with E-state index < -0.39 is 0 Å². The number of carbonyl (C=O) groups excluding carboxylic acids is 1. The maximum atomic E-state index is 12.0. The van der Waals surface area contributed by atoms with Crippen LogP contribution >= 0.6 is 11.3 Å². The zero-order valence-corrected chi connectivity index (χ0v) is 21.1. The molecule has 0 spiro atoms. The first-order valence-corrected chi connectivity index (χ1v) is 13.1. The minimum Gasteiger partial charge on any atom is -0.378 e. The topological polar surface area (TPSA) is 117 Å². The van der Waals surface area contributed by atoms with Gasteiger partial charge in [-0.2, -0.15) is 4.91 Å². The number of para-hydroxylation sites is 1. The van der Waals surface area contributed by atoms with Gasteiger partial charge in [0.15, 0.2) is 18.2 Å². The number of thiazole rings is 1. The fourth-order valence-electron chi connectivity index (χ4n) is 4.74. The Labute approximate surface area is 217 Å². The summed E-state index contributed by atoms with van der Waals surface area (Å²) in [4.78, 5) is 48.9. The van der Waals surface area contributed by atoms with Crippen molar-refractivity contribution in [3.8, 4) is 11.4 Å². The zero-order chi connectivity index (χ0) is 25.2. The predicted molar refractivity (Wildman–Crippen MR) is 141 cm³/mol. The second kappa shape index (κ2) is 10.4. The molecular weight excluding hydrogens is 492 g/mol. The number of fused-ring (bicyclic) bond motifs is 2. The number of pyridine rings is 1. The molecule has 2 aliphatic heterocycles. The van der Waals surface area contributed by atoms with Gasteiger partial charge in [-0.05, 0) is 12.1 Å². The van der Waals surface area contributed by atoms with Crippen molar-refractivity contribution in [1.29, 1.82) is 0 Å². The van der Waals surface area contributed by atoms with Crippen LogP contribution in [0.1, 0.15) is 5.01 Å². The van der Waals surface area contributed by atoms with Crippen LogP contribution in [0.25, 0.3) is 32.6 Å². The van der Waals surface area contributed by atoms with Gasteiger partial charge >= 0.3 is 0 Å². The van der Waals surface area contributed by atoms with Crippen molar-refractivity contribution in [3.63, 3.8) is 0 Å². The van der Waals surface area contributed by atoms with E-state index in [2.05, 4.69) is 26.0 Å². The third kappa shape index (κ3) is 4.99. The lowest BCUT2D eigenvalue weighted by Crippen LogP contribution is -2.48. The van der Waals surface area contributed by atoms with Crippen molar-refractivity contribution in [2.75, 3.05) is 63.9 Å². The highest BCUT2D eigenvalue weighted by atomic mass is 32.1. The van der Waals surface area contributed by atoms with E-state index >= 15 is 0 Å². The summed E-state index contributed by atoms with van der Waals surface area (Å²) in [6.07, 6.45) is 1.83. The molecule has 2 aliphatic rings. The van der Waals surface area contributed by atoms with Gasteiger partial charge in [-0.1, -0.05) is 34.7 Å². The monoisotopic (exact) mass is 518 g/mol. The molecule has 0 bridgehead atoms. The van der Waals surface area contributed by atoms with Gasteiger partial charge in [0.2, 0.25) is 5.91 Å². The van der Waals surface area contributed by atoms with Crippen molar-refractivity contribution in [3.05, 3.63) is 46.4 Å². The molecule has 0 N–H and O–H groups in total. The van der Waals surface area contributed by atoms with E-state index in [1.807, 2.05) is 30.5 Å². The fourth-order valence-corrected chi connectivity index (χ4v) is 5.71. The van der Waals surface area contributed by atoms with Crippen LogP contribution in [0.2, 0.25) is 0 Å². The van der Waals surface area contributed by atoms with Crippen molar-refractivity contribution >= 4 is 44.3 Å². The lowest BCUT2D eigenvalue weighted by molar-refractivity contribution is -0.131. The number of nitrogens with zero attached hydrogens (tertiary/aromatic N) is 8. The zero-order valence-electron chi connectivity index (χ0n) is 20.2. The Bertz CT molecular complexity index is 1450. The number of hydrogen-bond acceptors (Lipinski definition) is 11. The molecular formula is C25H26N8O3S. The molecule has 1 amide bonds. The minimum absolute atomic E-state index is 0.212. The van der Waals surface area contributed by atoms with Gasteiger partial charge < -0.3 is 14.5 Å². The molecule has 2 saturated heterocycles. The van der Waals surface area contributed by atoms with E-state index in [1.54, 1.807) is 16.2 Å². The molecule has 5 heterocycles. The normalized spacial score (nSPS) is 17.0. The third-order valence-electron chi connectivity index (χ3n) is 6.73. The highest BCUT2D eigenvalue weighted by Crippen LogP contribution is 2.32. The second-order valence-electron chi connectivity index (χ2n) is 9.09. The van der Waals surface area contributed by atoms with Gasteiger partial charge in [0, 0.05) is 56.4 Å². The van der Waals surface area contributed by atoms with E-state index in [4.69, 9.17) is 19.7 Å². The fraction of sp³-hybridized carbons (Fsp3) is 0.400. The maximum Gasteiger partial charge on any atom is 0.247 e. The second-order valence-corrected chi connectivity index (χ2v) is 10.2. The van der Waals surface area contributed by atoms with Crippen LogP contribution < -0.4 is 4.90 Å². The van der Waals surface area contributed by atoms with E-state index in [0.29, 0.717) is 38.7 Å². The molecule has 2 fully saturated rings. The summed E-state index contributed by atoms with van der Waals surface area (Å²) in [6, 6.07) is 10.1.